The number of halogens is 3. The van der Waals surface area contributed by atoms with Crippen LogP contribution in [0.4, 0.5) is 24.5 Å². The fourth-order valence-corrected chi connectivity index (χ4v) is 4.59. The highest BCUT2D eigenvalue weighted by atomic mass is 19.4. The second-order valence-corrected chi connectivity index (χ2v) is 9.28. The molecule has 2 aliphatic heterocycles. The molecular weight excluding hydrogens is 443 g/mol. The van der Waals surface area contributed by atoms with Crippen molar-refractivity contribution in [1.82, 2.24) is 4.90 Å². The summed E-state index contributed by atoms with van der Waals surface area (Å²) in [5.41, 5.74) is 1.18. The largest absolute Gasteiger partial charge is 0.416 e. The van der Waals surface area contributed by atoms with E-state index in [0.29, 0.717) is 17.2 Å². The lowest BCUT2D eigenvalue weighted by molar-refractivity contribution is -0.137. The van der Waals surface area contributed by atoms with Crippen LogP contribution in [-0.2, 0) is 6.18 Å². The van der Waals surface area contributed by atoms with Crippen LogP contribution in [0, 0.1) is 5.92 Å². The zero-order valence-corrected chi connectivity index (χ0v) is 19.3. The van der Waals surface area contributed by atoms with Gasteiger partial charge in [-0.1, -0.05) is 6.92 Å². The van der Waals surface area contributed by atoms with E-state index in [1.807, 2.05) is 11.0 Å². The van der Waals surface area contributed by atoms with Gasteiger partial charge in [0.05, 0.1) is 11.1 Å². The first-order valence-corrected chi connectivity index (χ1v) is 11.9. The van der Waals surface area contributed by atoms with Crippen molar-refractivity contribution in [2.24, 2.45) is 5.92 Å². The van der Waals surface area contributed by atoms with Gasteiger partial charge in [-0.15, -0.1) is 0 Å². The van der Waals surface area contributed by atoms with E-state index in [2.05, 4.69) is 17.1 Å². The minimum absolute atomic E-state index is 0.0426. The Hall–Kier alpha value is -3.03. The molecule has 0 aliphatic carbocycles. The molecular formula is C26H30F3N3O2. The molecule has 2 heterocycles. The maximum Gasteiger partial charge on any atom is 0.416 e. The van der Waals surface area contributed by atoms with Crippen LogP contribution in [0.25, 0.3) is 0 Å². The van der Waals surface area contributed by atoms with Crippen molar-refractivity contribution in [2.75, 3.05) is 36.4 Å². The molecule has 0 spiro atoms. The van der Waals surface area contributed by atoms with Crippen molar-refractivity contribution in [3.8, 4) is 0 Å². The summed E-state index contributed by atoms with van der Waals surface area (Å²) in [7, 11) is 0. The summed E-state index contributed by atoms with van der Waals surface area (Å²) in [6, 6.07) is 9.41. The zero-order valence-electron chi connectivity index (χ0n) is 19.3. The van der Waals surface area contributed by atoms with Gasteiger partial charge in [0, 0.05) is 43.1 Å². The quantitative estimate of drug-likeness (QED) is 0.609. The Morgan fingerprint density at radius 3 is 2.18 bits per heavy atom. The number of alkyl halides is 3. The topological polar surface area (TPSA) is 52.7 Å². The van der Waals surface area contributed by atoms with Crippen LogP contribution in [0.5, 0.6) is 0 Å². The van der Waals surface area contributed by atoms with Gasteiger partial charge < -0.3 is 15.1 Å². The summed E-state index contributed by atoms with van der Waals surface area (Å²) in [5, 5.41) is 2.74. The molecule has 8 heteroatoms. The van der Waals surface area contributed by atoms with Crippen molar-refractivity contribution in [3.05, 3.63) is 59.2 Å². The molecule has 2 saturated heterocycles. The molecule has 0 unspecified atom stereocenters. The minimum Gasteiger partial charge on any atom is -0.371 e. The summed E-state index contributed by atoms with van der Waals surface area (Å²) in [5.74, 6) is 0.0865. The Bertz CT molecular complexity index is 1020. The highest BCUT2D eigenvalue weighted by molar-refractivity contribution is 6.06. The first-order chi connectivity index (χ1) is 16.2. The standard InChI is InChI=1S/C26H30F3N3O2/c1-18-11-15-31(16-12-18)23-10-9-21(17-22(23)25(34)32-13-3-2-4-14-32)30-24(33)19-5-7-20(8-6-19)26(27,28)29/h5-10,17-18H,2-4,11-16H2,1H3,(H,30,33). The summed E-state index contributed by atoms with van der Waals surface area (Å²) < 4.78 is 38.4. The predicted molar refractivity (Wildman–Crippen MR) is 126 cm³/mol. The smallest absolute Gasteiger partial charge is 0.371 e. The minimum atomic E-state index is -4.46. The molecule has 0 radical (unpaired) electrons. The molecule has 2 aromatic carbocycles. The average molecular weight is 474 g/mol. The molecule has 0 bridgehead atoms. The van der Waals surface area contributed by atoms with E-state index in [1.54, 1.807) is 12.1 Å². The van der Waals surface area contributed by atoms with Crippen molar-refractivity contribution < 1.29 is 22.8 Å². The molecule has 34 heavy (non-hydrogen) atoms. The van der Waals surface area contributed by atoms with Crippen molar-refractivity contribution >= 4 is 23.2 Å². The van der Waals surface area contributed by atoms with Gasteiger partial charge in [-0.3, -0.25) is 9.59 Å². The predicted octanol–water partition coefficient (Wildman–Crippen LogP) is 5.82. The van der Waals surface area contributed by atoms with E-state index >= 15 is 0 Å². The lowest BCUT2D eigenvalue weighted by Crippen LogP contribution is -2.38. The second kappa shape index (κ2) is 10.1. The first-order valence-electron chi connectivity index (χ1n) is 11.9. The lowest BCUT2D eigenvalue weighted by Gasteiger charge is -2.35. The number of likely N-dealkylation sites (tertiary alicyclic amines) is 1. The van der Waals surface area contributed by atoms with E-state index in [0.717, 1.165) is 88.2 Å². The SMILES string of the molecule is CC1CCN(c2ccc(NC(=O)c3ccc(C(F)(F)F)cc3)cc2C(=O)N2CCCCC2)CC1. The van der Waals surface area contributed by atoms with Crippen molar-refractivity contribution in [1.29, 1.82) is 0 Å². The fraction of sp³-hybridized carbons (Fsp3) is 0.462. The summed E-state index contributed by atoms with van der Waals surface area (Å²) in [6.07, 6.45) is 0.734. The van der Waals surface area contributed by atoms with Gasteiger partial charge >= 0.3 is 6.18 Å². The van der Waals surface area contributed by atoms with Gasteiger partial charge in [-0.25, -0.2) is 0 Å². The number of hydrogen-bond acceptors (Lipinski definition) is 3. The number of benzene rings is 2. The maximum absolute atomic E-state index is 13.4. The monoisotopic (exact) mass is 473 g/mol. The average Bonchev–Trinajstić information content (AvgIpc) is 2.84. The molecule has 1 N–H and O–H groups in total. The van der Waals surface area contributed by atoms with Crippen LogP contribution >= 0.6 is 0 Å². The Labute approximate surface area is 197 Å². The van der Waals surface area contributed by atoms with Gasteiger partial charge in [0.25, 0.3) is 11.8 Å². The zero-order chi connectivity index (χ0) is 24.3. The van der Waals surface area contributed by atoms with Gasteiger partial charge in [-0.2, -0.15) is 13.2 Å². The number of carbonyl (C=O) groups excluding carboxylic acids is 2. The Morgan fingerprint density at radius 1 is 0.912 bits per heavy atom. The second-order valence-electron chi connectivity index (χ2n) is 9.28. The van der Waals surface area contributed by atoms with Gasteiger partial charge in [-0.05, 0) is 80.5 Å². The number of carbonyl (C=O) groups is 2. The van der Waals surface area contributed by atoms with Crippen LogP contribution < -0.4 is 10.2 Å². The molecule has 2 amide bonds. The van der Waals surface area contributed by atoms with Crippen LogP contribution in [-0.4, -0.2) is 42.9 Å². The number of nitrogens with zero attached hydrogens (tertiary/aromatic N) is 2. The van der Waals surface area contributed by atoms with Crippen LogP contribution in [0.15, 0.2) is 42.5 Å². The maximum atomic E-state index is 13.4. The fourth-order valence-electron chi connectivity index (χ4n) is 4.59. The third kappa shape index (κ3) is 5.54. The van der Waals surface area contributed by atoms with E-state index in [4.69, 9.17) is 0 Å². The van der Waals surface area contributed by atoms with E-state index in [-0.39, 0.29) is 11.5 Å². The molecule has 5 nitrogen and oxygen atoms in total. The number of hydrogen-bond donors (Lipinski definition) is 1. The van der Waals surface area contributed by atoms with E-state index in [1.165, 1.54) is 0 Å². The molecule has 2 fully saturated rings. The Morgan fingerprint density at radius 2 is 1.56 bits per heavy atom. The number of nitrogens with one attached hydrogen (secondary N) is 1. The summed E-state index contributed by atoms with van der Waals surface area (Å²) in [4.78, 5) is 30.2. The van der Waals surface area contributed by atoms with Crippen molar-refractivity contribution in [2.45, 2.75) is 45.2 Å². The lowest BCUT2D eigenvalue weighted by atomic mass is 9.97. The van der Waals surface area contributed by atoms with Crippen LogP contribution in [0.3, 0.4) is 0 Å². The molecule has 4 rings (SSSR count). The van der Waals surface area contributed by atoms with Crippen LogP contribution in [0.1, 0.15) is 65.3 Å². The third-order valence-electron chi connectivity index (χ3n) is 6.73. The van der Waals surface area contributed by atoms with E-state index < -0.39 is 17.6 Å². The van der Waals surface area contributed by atoms with Crippen LogP contribution in [0.2, 0.25) is 0 Å². The number of anilines is 2. The molecule has 0 atom stereocenters. The number of rotatable bonds is 4. The highest BCUT2D eigenvalue weighted by Gasteiger charge is 2.30. The van der Waals surface area contributed by atoms with Gasteiger partial charge in [0.2, 0.25) is 0 Å². The molecule has 0 aromatic heterocycles. The Kier molecular flexibility index (Phi) is 7.14. The summed E-state index contributed by atoms with van der Waals surface area (Å²) in [6.45, 7) is 5.42. The number of piperidine rings is 2. The molecule has 2 aromatic rings. The third-order valence-corrected chi connectivity index (χ3v) is 6.73. The van der Waals surface area contributed by atoms with E-state index in [9.17, 15) is 22.8 Å². The number of amides is 2. The van der Waals surface area contributed by atoms with Gasteiger partial charge in [0.15, 0.2) is 0 Å². The molecule has 182 valence electrons. The normalized spacial score (nSPS) is 17.5. The van der Waals surface area contributed by atoms with Gasteiger partial charge in [0.1, 0.15) is 0 Å². The molecule has 0 saturated carbocycles. The van der Waals surface area contributed by atoms with Crippen molar-refractivity contribution in [3.63, 3.8) is 0 Å². The Balaban J connectivity index is 1.58. The molecule has 2 aliphatic rings. The summed E-state index contributed by atoms with van der Waals surface area (Å²) >= 11 is 0. The highest BCUT2D eigenvalue weighted by Crippen LogP contribution is 2.31. The first kappa shape index (κ1) is 24.1.